The first kappa shape index (κ1) is 21.9. The largest absolute Gasteiger partial charge is 0.444 e. The van der Waals surface area contributed by atoms with E-state index >= 15 is 0 Å². The molecule has 1 amide bonds. The van der Waals surface area contributed by atoms with Crippen molar-refractivity contribution < 1.29 is 9.21 Å². The zero-order chi connectivity index (χ0) is 18.1. The molecule has 3 N–H and O–H groups in total. The van der Waals surface area contributed by atoms with Gasteiger partial charge in [-0.05, 0) is 32.9 Å². The van der Waals surface area contributed by atoms with Crippen LogP contribution in [0.5, 0.6) is 0 Å². The maximum Gasteiger partial charge on any atom is 0.239 e. The lowest BCUT2D eigenvalue weighted by Gasteiger charge is -2.10. The Balaban J connectivity index is 0.00000338. The quantitative estimate of drug-likeness (QED) is 0.328. The van der Waals surface area contributed by atoms with E-state index in [4.69, 9.17) is 4.42 Å². The molecule has 0 saturated carbocycles. The molecule has 1 heterocycles. The van der Waals surface area contributed by atoms with Crippen molar-refractivity contribution >= 4 is 35.8 Å². The van der Waals surface area contributed by atoms with Crippen molar-refractivity contribution in [2.75, 3.05) is 19.6 Å². The van der Waals surface area contributed by atoms with Gasteiger partial charge in [-0.3, -0.25) is 4.79 Å². The molecule has 0 aliphatic carbocycles. The molecule has 0 aliphatic heterocycles. The Labute approximate surface area is 171 Å². The molecule has 0 fully saturated rings. The Morgan fingerprint density at radius 2 is 1.81 bits per heavy atom. The number of nitrogens with zero attached hydrogens (tertiary/aromatic N) is 2. The number of likely N-dealkylation sites (N-methyl/N-ethyl adjacent to an activating group) is 1. The van der Waals surface area contributed by atoms with Gasteiger partial charge >= 0.3 is 0 Å². The third kappa shape index (κ3) is 7.03. The second-order valence-corrected chi connectivity index (χ2v) is 5.51. The van der Waals surface area contributed by atoms with Crippen molar-refractivity contribution in [3.05, 3.63) is 41.8 Å². The molecule has 0 saturated heterocycles. The van der Waals surface area contributed by atoms with Crippen LogP contribution in [-0.2, 0) is 11.3 Å². The molecule has 0 bridgehead atoms. The minimum absolute atomic E-state index is 0. The summed E-state index contributed by atoms with van der Waals surface area (Å²) in [4.78, 5) is 20.4. The van der Waals surface area contributed by atoms with Gasteiger partial charge in [0.25, 0.3) is 0 Å². The van der Waals surface area contributed by atoms with Crippen LogP contribution in [0.25, 0.3) is 11.5 Å². The molecule has 1 aromatic carbocycles. The minimum atomic E-state index is -0.0730. The average molecular weight is 471 g/mol. The predicted octanol–water partition coefficient (Wildman–Crippen LogP) is 2.46. The standard InChI is InChI=1S/C18H25N5O2.HI/c1-4-19-16(24)11-22-18(20-5-2)21-10-15-12-25-17(23-15)14-8-6-13(3)7-9-14;/h6-9,12H,4-5,10-11H2,1-3H3,(H,19,24)(H2,20,21,22);1H. The second-order valence-electron chi connectivity index (χ2n) is 5.51. The Kier molecular flexibility index (Phi) is 9.71. The van der Waals surface area contributed by atoms with E-state index in [0.717, 1.165) is 11.3 Å². The molecule has 0 radical (unpaired) electrons. The first-order valence-electron chi connectivity index (χ1n) is 8.42. The summed E-state index contributed by atoms with van der Waals surface area (Å²) in [6.45, 7) is 7.73. The molecular formula is C18H26IN5O2. The van der Waals surface area contributed by atoms with E-state index in [9.17, 15) is 4.79 Å². The van der Waals surface area contributed by atoms with Gasteiger partial charge in [-0.1, -0.05) is 17.7 Å². The number of nitrogens with one attached hydrogen (secondary N) is 3. The molecule has 142 valence electrons. The normalized spacial score (nSPS) is 10.8. The van der Waals surface area contributed by atoms with Crippen molar-refractivity contribution in [1.82, 2.24) is 20.9 Å². The highest BCUT2D eigenvalue weighted by atomic mass is 127. The number of oxazole rings is 1. The number of amides is 1. The van der Waals surface area contributed by atoms with Gasteiger partial charge in [-0.25, -0.2) is 9.98 Å². The molecule has 2 aromatic rings. The van der Waals surface area contributed by atoms with Gasteiger partial charge in [0.05, 0.1) is 13.1 Å². The highest BCUT2D eigenvalue weighted by molar-refractivity contribution is 14.0. The number of benzene rings is 1. The Hall–Kier alpha value is -2.10. The van der Waals surface area contributed by atoms with Crippen LogP contribution in [0, 0.1) is 6.92 Å². The molecule has 1 aromatic heterocycles. The molecular weight excluding hydrogens is 445 g/mol. The van der Waals surface area contributed by atoms with E-state index in [-0.39, 0.29) is 36.4 Å². The first-order chi connectivity index (χ1) is 12.1. The lowest BCUT2D eigenvalue weighted by Crippen LogP contribution is -2.43. The van der Waals surface area contributed by atoms with Crippen LogP contribution in [0.2, 0.25) is 0 Å². The summed E-state index contributed by atoms with van der Waals surface area (Å²) in [6, 6.07) is 8.00. The van der Waals surface area contributed by atoms with Gasteiger partial charge in [0.2, 0.25) is 11.8 Å². The molecule has 0 spiro atoms. The molecule has 0 aliphatic rings. The summed E-state index contributed by atoms with van der Waals surface area (Å²) < 4.78 is 5.53. The maximum atomic E-state index is 11.5. The Morgan fingerprint density at radius 3 is 2.46 bits per heavy atom. The van der Waals surface area contributed by atoms with Crippen LogP contribution in [0.1, 0.15) is 25.1 Å². The number of aliphatic imine (C=N–C) groups is 1. The van der Waals surface area contributed by atoms with Gasteiger partial charge in [0.15, 0.2) is 5.96 Å². The van der Waals surface area contributed by atoms with Crippen molar-refractivity contribution in [3.63, 3.8) is 0 Å². The van der Waals surface area contributed by atoms with Crippen molar-refractivity contribution in [3.8, 4) is 11.5 Å². The number of aromatic nitrogens is 1. The second kappa shape index (κ2) is 11.5. The Bertz CT molecular complexity index is 713. The monoisotopic (exact) mass is 471 g/mol. The summed E-state index contributed by atoms with van der Waals surface area (Å²) in [5.41, 5.74) is 2.85. The molecule has 2 rings (SSSR count). The van der Waals surface area contributed by atoms with Gasteiger partial charge in [0, 0.05) is 18.7 Å². The zero-order valence-corrected chi connectivity index (χ0v) is 17.7. The van der Waals surface area contributed by atoms with Crippen molar-refractivity contribution in [1.29, 1.82) is 0 Å². The third-order valence-electron chi connectivity index (χ3n) is 3.38. The van der Waals surface area contributed by atoms with Crippen LogP contribution >= 0.6 is 24.0 Å². The summed E-state index contributed by atoms with van der Waals surface area (Å²) in [7, 11) is 0. The van der Waals surface area contributed by atoms with Crippen molar-refractivity contribution in [2.24, 2.45) is 4.99 Å². The lowest BCUT2D eigenvalue weighted by molar-refractivity contribution is -0.119. The average Bonchev–Trinajstić information content (AvgIpc) is 3.07. The lowest BCUT2D eigenvalue weighted by atomic mass is 10.1. The number of carbonyl (C=O) groups excluding carboxylic acids is 1. The van der Waals surface area contributed by atoms with Gasteiger partial charge in [-0.15, -0.1) is 24.0 Å². The van der Waals surface area contributed by atoms with Crippen LogP contribution in [0.15, 0.2) is 39.9 Å². The molecule has 0 unspecified atom stereocenters. The van der Waals surface area contributed by atoms with E-state index in [1.165, 1.54) is 5.56 Å². The molecule has 8 heteroatoms. The number of rotatable bonds is 7. The van der Waals surface area contributed by atoms with Gasteiger partial charge < -0.3 is 20.4 Å². The summed E-state index contributed by atoms with van der Waals surface area (Å²) >= 11 is 0. The number of halogens is 1. The fourth-order valence-electron chi connectivity index (χ4n) is 2.13. The minimum Gasteiger partial charge on any atom is -0.444 e. The zero-order valence-electron chi connectivity index (χ0n) is 15.3. The van der Waals surface area contributed by atoms with Crippen LogP contribution < -0.4 is 16.0 Å². The fourth-order valence-corrected chi connectivity index (χ4v) is 2.13. The molecule has 7 nitrogen and oxygen atoms in total. The van der Waals surface area contributed by atoms with E-state index in [1.807, 2.05) is 45.0 Å². The third-order valence-corrected chi connectivity index (χ3v) is 3.38. The molecule has 0 atom stereocenters. The predicted molar refractivity (Wildman–Crippen MR) is 114 cm³/mol. The van der Waals surface area contributed by atoms with Crippen LogP contribution in [-0.4, -0.2) is 36.5 Å². The van der Waals surface area contributed by atoms with E-state index in [1.54, 1.807) is 6.26 Å². The molecule has 26 heavy (non-hydrogen) atoms. The summed E-state index contributed by atoms with van der Waals surface area (Å²) in [5, 5.41) is 8.81. The smallest absolute Gasteiger partial charge is 0.239 e. The topological polar surface area (TPSA) is 91.5 Å². The van der Waals surface area contributed by atoms with Crippen molar-refractivity contribution in [2.45, 2.75) is 27.3 Å². The Morgan fingerprint density at radius 1 is 1.12 bits per heavy atom. The number of carbonyl (C=O) groups is 1. The SMILES string of the molecule is CCNC(=O)CNC(=NCc1coc(-c2ccc(C)cc2)n1)NCC.I. The number of aryl methyl sites for hydroxylation is 1. The highest BCUT2D eigenvalue weighted by Gasteiger charge is 2.07. The maximum absolute atomic E-state index is 11.5. The summed E-state index contributed by atoms with van der Waals surface area (Å²) in [6.07, 6.45) is 1.60. The van der Waals surface area contributed by atoms with E-state index < -0.39 is 0 Å². The number of hydrogen-bond donors (Lipinski definition) is 3. The number of guanidine groups is 1. The summed E-state index contributed by atoms with van der Waals surface area (Å²) in [5.74, 6) is 1.07. The fraction of sp³-hybridized carbons (Fsp3) is 0.389. The van der Waals surface area contributed by atoms with Gasteiger partial charge in [-0.2, -0.15) is 0 Å². The highest BCUT2D eigenvalue weighted by Crippen LogP contribution is 2.19. The van der Waals surface area contributed by atoms with E-state index in [2.05, 4.69) is 25.9 Å². The number of hydrogen-bond acceptors (Lipinski definition) is 4. The van der Waals surface area contributed by atoms with Crippen LogP contribution in [0.3, 0.4) is 0 Å². The van der Waals surface area contributed by atoms with Gasteiger partial charge in [0.1, 0.15) is 12.0 Å². The van der Waals surface area contributed by atoms with E-state index in [0.29, 0.717) is 31.5 Å². The first-order valence-corrected chi connectivity index (χ1v) is 8.42. The van der Waals surface area contributed by atoms with Crippen LogP contribution in [0.4, 0.5) is 0 Å².